The molecule has 0 aliphatic carbocycles. The SMILES string of the molecule is CC1(CNC(=O)Cc2csc(NC(=O)C(C)(C)C)n2)CCNCC1.Cl.Cl. The number of thiazole rings is 1. The van der Waals surface area contributed by atoms with Crippen molar-refractivity contribution in [2.24, 2.45) is 10.8 Å². The normalized spacial score (nSPS) is 16.0. The van der Waals surface area contributed by atoms with Crippen LogP contribution >= 0.6 is 36.2 Å². The molecule has 1 fully saturated rings. The average Bonchev–Trinajstić information content (AvgIpc) is 2.92. The van der Waals surface area contributed by atoms with Crippen LogP contribution in [0, 0.1) is 10.8 Å². The van der Waals surface area contributed by atoms with Crippen LogP contribution in [0.1, 0.15) is 46.2 Å². The van der Waals surface area contributed by atoms with Gasteiger partial charge in [-0.25, -0.2) is 4.98 Å². The van der Waals surface area contributed by atoms with Crippen molar-refractivity contribution in [1.29, 1.82) is 0 Å². The Morgan fingerprint density at radius 2 is 1.88 bits per heavy atom. The zero-order chi connectivity index (χ0) is 17.8. The van der Waals surface area contributed by atoms with Gasteiger partial charge < -0.3 is 16.0 Å². The molecule has 1 aromatic heterocycles. The summed E-state index contributed by atoms with van der Waals surface area (Å²) in [5.74, 6) is -0.0968. The highest BCUT2D eigenvalue weighted by Crippen LogP contribution is 2.26. The molecule has 0 atom stereocenters. The number of carbonyl (C=O) groups is 2. The maximum atomic E-state index is 12.1. The van der Waals surface area contributed by atoms with E-state index in [1.807, 2.05) is 26.2 Å². The smallest absolute Gasteiger partial charge is 0.231 e. The molecule has 26 heavy (non-hydrogen) atoms. The number of halogens is 2. The molecule has 6 nitrogen and oxygen atoms in total. The first-order valence-electron chi connectivity index (χ1n) is 8.41. The van der Waals surface area contributed by atoms with Gasteiger partial charge in [-0.05, 0) is 31.3 Å². The van der Waals surface area contributed by atoms with E-state index in [0.717, 1.165) is 25.9 Å². The van der Waals surface area contributed by atoms with Crippen molar-refractivity contribution >= 4 is 53.1 Å². The van der Waals surface area contributed by atoms with E-state index in [4.69, 9.17) is 0 Å². The summed E-state index contributed by atoms with van der Waals surface area (Å²) < 4.78 is 0. The van der Waals surface area contributed by atoms with E-state index in [1.54, 1.807) is 0 Å². The number of nitrogens with zero attached hydrogens (tertiary/aromatic N) is 1. The third-order valence-electron chi connectivity index (χ3n) is 4.32. The molecule has 1 aliphatic rings. The standard InChI is InChI=1S/C17H28N4O2S.2ClH/c1-16(2,3)14(23)21-15-20-12(10-24-15)9-13(22)19-11-17(4)5-7-18-8-6-17;;/h10,18H,5-9,11H2,1-4H3,(H,19,22)(H,20,21,23);2*1H. The van der Waals surface area contributed by atoms with Crippen molar-refractivity contribution in [3.8, 4) is 0 Å². The fourth-order valence-electron chi connectivity index (χ4n) is 2.48. The minimum absolute atomic E-state index is 0. The molecule has 0 unspecified atom stereocenters. The van der Waals surface area contributed by atoms with Crippen LogP contribution in [0.2, 0.25) is 0 Å². The summed E-state index contributed by atoms with van der Waals surface area (Å²) in [5.41, 5.74) is 0.402. The molecule has 3 N–H and O–H groups in total. The minimum atomic E-state index is -0.465. The topological polar surface area (TPSA) is 83.1 Å². The fourth-order valence-corrected chi connectivity index (χ4v) is 3.18. The van der Waals surface area contributed by atoms with Crippen molar-refractivity contribution in [3.63, 3.8) is 0 Å². The lowest BCUT2D eigenvalue weighted by Gasteiger charge is -2.34. The van der Waals surface area contributed by atoms with Crippen molar-refractivity contribution in [3.05, 3.63) is 11.1 Å². The van der Waals surface area contributed by atoms with Crippen LogP contribution in [0.4, 0.5) is 5.13 Å². The van der Waals surface area contributed by atoms with E-state index < -0.39 is 5.41 Å². The minimum Gasteiger partial charge on any atom is -0.355 e. The molecule has 1 aromatic rings. The maximum Gasteiger partial charge on any atom is 0.231 e. The number of hydrogen-bond acceptors (Lipinski definition) is 5. The Kier molecular flexibility index (Phi) is 10.1. The van der Waals surface area contributed by atoms with Gasteiger partial charge in [-0.1, -0.05) is 27.7 Å². The quantitative estimate of drug-likeness (QED) is 0.677. The van der Waals surface area contributed by atoms with Crippen molar-refractivity contribution < 1.29 is 9.59 Å². The molecule has 2 heterocycles. The molecule has 9 heteroatoms. The Morgan fingerprint density at radius 1 is 1.27 bits per heavy atom. The first-order chi connectivity index (χ1) is 11.2. The van der Waals surface area contributed by atoms with Gasteiger partial charge in [-0.2, -0.15) is 0 Å². The molecule has 0 aromatic carbocycles. The van der Waals surface area contributed by atoms with Gasteiger partial charge in [0, 0.05) is 17.3 Å². The first kappa shape index (κ1) is 25.1. The molecule has 0 radical (unpaired) electrons. The lowest BCUT2D eigenvalue weighted by molar-refractivity contribution is -0.123. The van der Waals surface area contributed by atoms with Gasteiger partial charge in [0.05, 0.1) is 12.1 Å². The van der Waals surface area contributed by atoms with E-state index in [1.165, 1.54) is 11.3 Å². The van der Waals surface area contributed by atoms with Crippen molar-refractivity contribution in [2.45, 2.75) is 47.0 Å². The number of carbonyl (C=O) groups excluding carboxylic acids is 2. The number of rotatable bonds is 5. The third kappa shape index (κ3) is 7.78. The number of aromatic nitrogens is 1. The Morgan fingerprint density at radius 3 is 2.46 bits per heavy atom. The van der Waals surface area contributed by atoms with E-state index in [-0.39, 0.29) is 48.5 Å². The number of hydrogen-bond donors (Lipinski definition) is 3. The molecule has 0 bridgehead atoms. The molecule has 2 rings (SSSR count). The predicted molar refractivity (Wildman–Crippen MR) is 112 cm³/mol. The lowest BCUT2D eigenvalue weighted by Crippen LogP contribution is -2.43. The summed E-state index contributed by atoms with van der Waals surface area (Å²) in [4.78, 5) is 28.4. The van der Waals surface area contributed by atoms with E-state index >= 15 is 0 Å². The largest absolute Gasteiger partial charge is 0.355 e. The van der Waals surface area contributed by atoms with Crippen LogP contribution in [-0.4, -0.2) is 36.4 Å². The highest BCUT2D eigenvalue weighted by atomic mass is 35.5. The zero-order valence-corrected chi connectivity index (χ0v) is 18.3. The highest BCUT2D eigenvalue weighted by Gasteiger charge is 2.27. The molecule has 1 aliphatic heterocycles. The molecular weight excluding hydrogens is 395 g/mol. The zero-order valence-electron chi connectivity index (χ0n) is 15.8. The first-order valence-corrected chi connectivity index (χ1v) is 9.29. The molecule has 0 saturated carbocycles. The molecule has 150 valence electrons. The van der Waals surface area contributed by atoms with Crippen LogP contribution < -0.4 is 16.0 Å². The maximum absolute atomic E-state index is 12.1. The molecule has 0 spiro atoms. The second-order valence-corrected chi connectivity index (χ2v) is 8.72. The fraction of sp³-hybridized carbons (Fsp3) is 0.706. The predicted octanol–water partition coefficient (Wildman–Crippen LogP) is 3.02. The van der Waals surface area contributed by atoms with Gasteiger partial charge in [-0.15, -0.1) is 36.2 Å². The van der Waals surface area contributed by atoms with Gasteiger partial charge in [0.25, 0.3) is 0 Å². The number of piperidine rings is 1. The summed E-state index contributed by atoms with van der Waals surface area (Å²) in [6.45, 7) is 10.5. The van der Waals surface area contributed by atoms with Gasteiger partial charge >= 0.3 is 0 Å². The summed E-state index contributed by atoms with van der Waals surface area (Å²) >= 11 is 1.35. The van der Waals surface area contributed by atoms with E-state index in [9.17, 15) is 9.59 Å². The van der Waals surface area contributed by atoms with Crippen LogP contribution in [0.5, 0.6) is 0 Å². The summed E-state index contributed by atoms with van der Waals surface area (Å²) in [7, 11) is 0. The van der Waals surface area contributed by atoms with Crippen LogP contribution in [0.3, 0.4) is 0 Å². The highest BCUT2D eigenvalue weighted by molar-refractivity contribution is 7.13. The summed E-state index contributed by atoms with van der Waals surface area (Å²) in [5, 5.41) is 11.5. The summed E-state index contributed by atoms with van der Waals surface area (Å²) in [6.07, 6.45) is 2.40. The van der Waals surface area contributed by atoms with Crippen LogP contribution in [0.15, 0.2) is 5.38 Å². The molecule has 2 amide bonds. The van der Waals surface area contributed by atoms with Crippen molar-refractivity contribution in [1.82, 2.24) is 15.6 Å². The monoisotopic (exact) mass is 424 g/mol. The second kappa shape index (κ2) is 10.4. The number of anilines is 1. The van der Waals surface area contributed by atoms with Crippen LogP contribution in [-0.2, 0) is 16.0 Å². The van der Waals surface area contributed by atoms with Gasteiger partial charge in [0.15, 0.2) is 5.13 Å². The third-order valence-corrected chi connectivity index (χ3v) is 5.12. The van der Waals surface area contributed by atoms with Crippen LogP contribution in [0.25, 0.3) is 0 Å². The number of nitrogens with one attached hydrogen (secondary N) is 3. The van der Waals surface area contributed by atoms with E-state index in [0.29, 0.717) is 17.4 Å². The Balaban J connectivity index is 0.00000312. The Bertz CT molecular complexity index is 596. The number of amides is 2. The summed E-state index contributed by atoms with van der Waals surface area (Å²) in [6, 6.07) is 0. The molecular formula is C17H30Cl2N4O2S. The van der Waals surface area contributed by atoms with E-state index in [2.05, 4.69) is 27.9 Å². The van der Waals surface area contributed by atoms with Gasteiger partial charge in [-0.3, -0.25) is 9.59 Å². The van der Waals surface area contributed by atoms with Crippen molar-refractivity contribution in [2.75, 3.05) is 25.0 Å². The second-order valence-electron chi connectivity index (χ2n) is 7.86. The van der Waals surface area contributed by atoms with Gasteiger partial charge in [0.1, 0.15) is 0 Å². The molecule has 1 saturated heterocycles. The average molecular weight is 425 g/mol. The lowest BCUT2D eigenvalue weighted by atomic mass is 9.81. The Hall–Kier alpha value is -0.890. The van der Waals surface area contributed by atoms with Gasteiger partial charge in [0.2, 0.25) is 11.8 Å². The Labute approximate surface area is 172 Å².